The molecular weight excluding hydrogens is 172 g/mol. The minimum atomic E-state index is -0.487. The molecule has 0 radical (unpaired) electrons. The van der Waals surface area contributed by atoms with Crippen LogP contribution in [0.2, 0.25) is 0 Å². The van der Waals surface area contributed by atoms with Gasteiger partial charge in [-0.15, -0.1) is 0 Å². The first-order valence-corrected chi connectivity index (χ1v) is 4.95. The van der Waals surface area contributed by atoms with Crippen molar-refractivity contribution in [2.24, 2.45) is 5.41 Å². The average molecular weight is 191 g/mol. The van der Waals surface area contributed by atoms with Crippen LogP contribution in [0.25, 0.3) is 0 Å². The number of aldehydes is 1. The Morgan fingerprint density at radius 2 is 1.93 bits per heavy atom. The van der Waals surface area contributed by atoms with Gasteiger partial charge >= 0.3 is 0 Å². The highest BCUT2D eigenvalue weighted by Gasteiger charge is 2.25. The fourth-order valence-electron chi connectivity index (χ4n) is 1.69. The number of benzene rings is 1. The molecule has 1 rings (SSSR count). The summed E-state index contributed by atoms with van der Waals surface area (Å²) in [5.74, 6) is 0.128. The van der Waals surface area contributed by atoms with Gasteiger partial charge in [0.15, 0.2) is 0 Å². The first kappa shape index (κ1) is 9.45. The second kappa shape index (κ2) is 4.41. The highest BCUT2D eigenvalue weighted by molar-refractivity contribution is 5.52. The molecule has 0 spiro atoms. The van der Waals surface area contributed by atoms with Crippen molar-refractivity contribution in [3.8, 4) is 0 Å². The minimum absolute atomic E-state index is 0.0120. The van der Waals surface area contributed by atoms with Gasteiger partial charge < -0.3 is 4.79 Å². The molecule has 1 unspecified atom stereocenters. The Kier molecular flexibility index (Phi) is 2.97. The maximum Gasteiger partial charge on any atom is 0.120 e. The number of rotatable bonds is 3. The molecule has 0 amide bonds. The van der Waals surface area contributed by atoms with E-state index in [4.69, 9.17) is 1.37 Å². The van der Waals surface area contributed by atoms with Gasteiger partial charge in [0.2, 0.25) is 0 Å². The zero-order valence-corrected chi connectivity index (χ0v) is 9.08. The van der Waals surface area contributed by atoms with Gasteiger partial charge in [0.25, 0.3) is 0 Å². The molecule has 76 valence electrons. The van der Waals surface area contributed by atoms with Crippen molar-refractivity contribution in [1.29, 1.82) is 0 Å². The van der Waals surface area contributed by atoms with Crippen molar-refractivity contribution in [1.82, 2.24) is 0 Å². The predicted octanol–water partition coefficient (Wildman–Crippen LogP) is 3.41. The van der Waals surface area contributed by atoms with E-state index in [0.717, 1.165) is 5.56 Å². The van der Waals surface area contributed by atoms with Crippen LogP contribution in [0.3, 0.4) is 0 Å². The monoisotopic (exact) mass is 191 g/mol. The molecule has 1 aromatic rings. The van der Waals surface area contributed by atoms with E-state index in [-0.39, 0.29) is 11.3 Å². The fraction of sp³-hybridized carbons (Fsp3) is 0.462. The molecule has 0 aliphatic rings. The number of hydrogen-bond donors (Lipinski definition) is 0. The number of carbonyl (C=O) groups excluding carboxylic acids is 1. The van der Waals surface area contributed by atoms with Gasteiger partial charge in [-0.25, -0.2) is 0 Å². The fourth-order valence-corrected chi connectivity index (χ4v) is 1.69. The average Bonchev–Trinajstić information content (AvgIpc) is 2.14. The highest BCUT2D eigenvalue weighted by atomic mass is 16.1. The van der Waals surface area contributed by atoms with Crippen LogP contribution in [0.15, 0.2) is 30.3 Å². The Balaban J connectivity index is 2.97. The van der Waals surface area contributed by atoms with Crippen LogP contribution in [0.5, 0.6) is 0 Å². The van der Waals surface area contributed by atoms with E-state index in [1.54, 1.807) is 0 Å². The minimum Gasteiger partial charge on any atom is -0.303 e. The first-order chi connectivity index (χ1) is 6.91. The van der Waals surface area contributed by atoms with Gasteiger partial charge in [-0.3, -0.25) is 0 Å². The highest BCUT2D eigenvalue weighted by Crippen LogP contribution is 2.36. The maximum absolute atomic E-state index is 10.9. The quantitative estimate of drug-likeness (QED) is 0.669. The van der Waals surface area contributed by atoms with Gasteiger partial charge in [-0.2, -0.15) is 0 Å². The summed E-state index contributed by atoms with van der Waals surface area (Å²) in [6, 6.07) is 9.97. The predicted molar refractivity (Wildman–Crippen MR) is 59.3 cm³/mol. The molecule has 0 aliphatic carbocycles. The Labute approximate surface area is 87.6 Å². The van der Waals surface area contributed by atoms with E-state index in [0.29, 0.717) is 6.42 Å². The molecule has 0 aliphatic heterocycles. The molecule has 0 bridgehead atoms. The molecule has 14 heavy (non-hydrogen) atoms. The third-order valence-electron chi connectivity index (χ3n) is 2.53. The molecule has 1 nitrogen and oxygen atoms in total. The molecule has 0 aromatic heterocycles. The van der Waals surface area contributed by atoms with Crippen LogP contribution < -0.4 is 0 Å². The smallest absolute Gasteiger partial charge is 0.120 e. The number of hydrogen-bond acceptors (Lipinski definition) is 1. The Morgan fingerprint density at radius 1 is 1.36 bits per heavy atom. The van der Waals surface area contributed by atoms with Gasteiger partial charge in [0.05, 0.1) is 0 Å². The Hall–Kier alpha value is -1.11. The summed E-state index contributed by atoms with van der Waals surface area (Å²) < 4.78 is 7.10. The molecule has 0 N–H and O–H groups in total. The van der Waals surface area contributed by atoms with E-state index < -0.39 is 6.26 Å². The van der Waals surface area contributed by atoms with Gasteiger partial charge in [-0.05, 0) is 16.9 Å². The zero-order valence-electron chi connectivity index (χ0n) is 10.1. The van der Waals surface area contributed by atoms with Crippen LogP contribution in [-0.2, 0) is 4.79 Å². The summed E-state index contributed by atoms with van der Waals surface area (Å²) in [6.45, 7) is 6.31. The van der Waals surface area contributed by atoms with E-state index in [1.165, 1.54) is 0 Å². The molecule has 0 saturated carbocycles. The second-order valence-electron chi connectivity index (χ2n) is 4.68. The molecular formula is C13H18O. The van der Waals surface area contributed by atoms with Crippen molar-refractivity contribution in [3.63, 3.8) is 0 Å². The largest absolute Gasteiger partial charge is 0.303 e. The first-order valence-electron chi connectivity index (χ1n) is 5.45. The topological polar surface area (TPSA) is 17.1 Å². The lowest BCUT2D eigenvalue weighted by Crippen LogP contribution is -2.18. The van der Waals surface area contributed by atoms with Gasteiger partial charge in [-0.1, -0.05) is 51.1 Å². The lowest BCUT2D eigenvalue weighted by molar-refractivity contribution is -0.108. The van der Waals surface area contributed by atoms with E-state index in [9.17, 15) is 4.79 Å². The molecule has 1 heteroatoms. The van der Waals surface area contributed by atoms with Crippen molar-refractivity contribution >= 4 is 6.26 Å². The molecule has 0 heterocycles. The molecule has 1 aromatic carbocycles. The van der Waals surface area contributed by atoms with Crippen molar-refractivity contribution in [2.75, 3.05) is 0 Å². The lowest BCUT2D eigenvalue weighted by Gasteiger charge is -2.29. The molecule has 0 saturated heterocycles. The third kappa shape index (κ3) is 2.69. The number of carbonyl (C=O) groups is 1. The SMILES string of the molecule is [2H]C(=O)CC(c1ccccc1)C(C)(C)C. The summed E-state index contributed by atoms with van der Waals surface area (Å²) in [5, 5.41) is 0. The van der Waals surface area contributed by atoms with Crippen LogP contribution in [0.4, 0.5) is 0 Å². The van der Waals surface area contributed by atoms with E-state index >= 15 is 0 Å². The Bertz CT molecular complexity index is 324. The standard InChI is InChI=1S/C13H18O/c1-13(2,3)12(9-10-14)11-7-5-4-6-8-11/h4-8,10,12H,9H2,1-3H3/i10D. The Morgan fingerprint density at radius 3 is 2.36 bits per heavy atom. The van der Waals surface area contributed by atoms with E-state index in [2.05, 4.69) is 20.8 Å². The molecule has 0 fully saturated rings. The van der Waals surface area contributed by atoms with Crippen molar-refractivity contribution in [3.05, 3.63) is 35.9 Å². The summed E-state index contributed by atoms with van der Waals surface area (Å²) in [5.41, 5.74) is 1.16. The summed E-state index contributed by atoms with van der Waals surface area (Å²) in [6.07, 6.45) is -0.188. The van der Waals surface area contributed by atoms with Gasteiger partial charge in [0, 0.05) is 6.42 Å². The van der Waals surface area contributed by atoms with Crippen LogP contribution in [0.1, 0.15) is 40.0 Å². The summed E-state index contributed by atoms with van der Waals surface area (Å²) in [7, 11) is 0. The zero-order chi connectivity index (χ0) is 11.5. The van der Waals surface area contributed by atoms with Crippen molar-refractivity contribution in [2.45, 2.75) is 33.1 Å². The summed E-state index contributed by atoms with van der Waals surface area (Å²) >= 11 is 0. The normalized spacial score (nSPS) is 14.6. The van der Waals surface area contributed by atoms with Crippen LogP contribution in [-0.4, -0.2) is 6.26 Å². The van der Waals surface area contributed by atoms with Crippen LogP contribution >= 0.6 is 0 Å². The maximum atomic E-state index is 10.9. The van der Waals surface area contributed by atoms with Crippen molar-refractivity contribution < 1.29 is 6.17 Å². The van der Waals surface area contributed by atoms with Crippen LogP contribution in [0, 0.1) is 5.41 Å². The van der Waals surface area contributed by atoms with Gasteiger partial charge in [0.1, 0.15) is 7.63 Å². The second-order valence-corrected chi connectivity index (χ2v) is 4.68. The van der Waals surface area contributed by atoms with E-state index in [1.807, 2.05) is 30.3 Å². The lowest BCUT2D eigenvalue weighted by atomic mass is 9.75. The summed E-state index contributed by atoms with van der Waals surface area (Å²) in [4.78, 5) is 10.9. The third-order valence-corrected chi connectivity index (χ3v) is 2.53. The molecule has 1 atom stereocenters.